The predicted molar refractivity (Wildman–Crippen MR) is 62.6 cm³/mol. The first kappa shape index (κ1) is 12.3. The fourth-order valence-corrected chi connectivity index (χ4v) is 3.24. The molecule has 2 fully saturated rings. The third-order valence-electron chi connectivity index (χ3n) is 4.42. The van der Waals surface area contributed by atoms with Gasteiger partial charge in [0.1, 0.15) is 12.3 Å². The highest BCUT2D eigenvalue weighted by Crippen LogP contribution is 2.41. The third kappa shape index (κ3) is 2.95. The van der Waals surface area contributed by atoms with Crippen molar-refractivity contribution in [1.82, 2.24) is 0 Å². The zero-order valence-corrected chi connectivity index (χ0v) is 10.2. The van der Waals surface area contributed by atoms with Gasteiger partial charge < -0.3 is 0 Å². The van der Waals surface area contributed by atoms with Crippen LogP contribution in [0.2, 0.25) is 0 Å². The molecule has 2 rings (SSSR count). The van der Waals surface area contributed by atoms with Crippen LogP contribution in [0.4, 0.5) is 8.78 Å². The smallest absolute Gasteiger partial charge is 0.131 e. The highest BCUT2D eigenvalue weighted by molar-refractivity contribution is 5.01. The highest BCUT2D eigenvalue weighted by Gasteiger charge is 2.35. The number of hydrogen-bond donors (Lipinski definition) is 0. The Morgan fingerprint density at radius 2 is 1.75 bits per heavy atom. The van der Waals surface area contributed by atoms with Gasteiger partial charge in [-0.3, -0.25) is 0 Å². The molecule has 93 valence electrons. The lowest BCUT2D eigenvalue weighted by Gasteiger charge is -2.32. The zero-order valence-electron chi connectivity index (χ0n) is 10.2. The topological polar surface area (TPSA) is 0 Å². The Morgan fingerprint density at radius 3 is 2.50 bits per heavy atom. The third-order valence-corrected chi connectivity index (χ3v) is 4.42. The molecule has 0 bridgehead atoms. The van der Waals surface area contributed by atoms with E-state index in [-0.39, 0.29) is 0 Å². The summed E-state index contributed by atoms with van der Waals surface area (Å²) in [6.07, 6.45) is 5.51. The van der Waals surface area contributed by atoms with E-state index in [1.807, 2.05) is 0 Å². The maximum absolute atomic E-state index is 13.4. The molecule has 1 radical (unpaired) electrons. The zero-order chi connectivity index (χ0) is 11.5. The van der Waals surface area contributed by atoms with Gasteiger partial charge in [0.25, 0.3) is 0 Å². The summed E-state index contributed by atoms with van der Waals surface area (Å²) in [6.45, 7) is 2.30. The molecule has 0 aliphatic heterocycles. The summed E-state index contributed by atoms with van der Waals surface area (Å²) in [4.78, 5) is 0. The van der Waals surface area contributed by atoms with Crippen LogP contribution in [0.25, 0.3) is 0 Å². The average Bonchev–Trinajstić information content (AvgIpc) is 2.47. The molecule has 2 saturated carbocycles. The summed E-state index contributed by atoms with van der Waals surface area (Å²) in [7, 11) is 0. The Kier molecular flexibility index (Phi) is 4.21. The first-order valence-corrected chi connectivity index (χ1v) is 6.79. The molecule has 4 atom stereocenters. The van der Waals surface area contributed by atoms with E-state index >= 15 is 0 Å². The Morgan fingerprint density at radius 1 is 0.938 bits per heavy atom. The van der Waals surface area contributed by atoms with Crippen LogP contribution in [0.1, 0.15) is 58.3 Å². The maximum atomic E-state index is 13.4. The van der Waals surface area contributed by atoms with E-state index in [1.54, 1.807) is 5.92 Å². The molecule has 0 saturated heterocycles. The molecular weight excluding hydrogens is 206 g/mol. The van der Waals surface area contributed by atoms with Gasteiger partial charge in [0.2, 0.25) is 0 Å². The number of hydrogen-bond acceptors (Lipinski definition) is 0. The summed E-state index contributed by atoms with van der Waals surface area (Å²) in [6, 6.07) is 0. The van der Waals surface area contributed by atoms with E-state index in [0.717, 1.165) is 18.8 Å². The number of halogens is 2. The molecule has 0 amide bonds. The van der Waals surface area contributed by atoms with Crippen molar-refractivity contribution >= 4 is 0 Å². The van der Waals surface area contributed by atoms with Crippen LogP contribution in [-0.4, -0.2) is 12.3 Å². The molecule has 0 aromatic heterocycles. The molecule has 16 heavy (non-hydrogen) atoms. The molecule has 0 spiro atoms. The quantitative estimate of drug-likeness (QED) is 0.575. The summed E-state index contributed by atoms with van der Waals surface area (Å²) in [5.41, 5.74) is 0. The van der Waals surface area contributed by atoms with E-state index in [9.17, 15) is 8.78 Å². The minimum absolute atomic E-state index is 0.382. The molecule has 2 aliphatic carbocycles. The van der Waals surface area contributed by atoms with Gasteiger partial charge in [-0.15, -0.1) is 0 Å². The molecular formula is C14H23F2. The molecule has 4 unspecified atom stereocenters. The Balaban J connectivity index is 1.87. The predicted octanol–water partition coefficient (Wildman–Crippen LogP) is 4.64. The van der Waals surface area contributed by atoms with Crippen LogP contribution in [0.15, 0.2) is 0 Å². The summed E-state index contributed by atoms with van der Waals surface area (Å²) < 4.78 is 26.4. The normalized spacial score (nSPS) is 42.9. The minimum atomic E-state index is -1.20. The van der Waals surface area contributed by atoms with Crippen LogP contribution in [-0.2, 0) is 0 Å². The van der Waals surface area contributed by atoms with E-state index in [4.69, 9.17) is 0 Å². The second-order valence-corrected chi connectivity index (χ2v) is 5.74. The van der Waals surface area contributed by atoms with Gasteiger partial charge in [0.05, 0.1) is 0 Å². The lowest BCUT2D eigenvalue weighted by Crippen LogP contribution is -2.30. The van der Waals surface area contributed by atoms with Crippen molar-refractivity contribution in [3.05, 3.63) is 5.92 Å². The van der Waals surface area contributed by atoms with E-state index in [2.05, 4.69) is 6.92 Å². The lowest BCUT2D eigenvalue weighted by atomic mass is 9.75. The van der Waals surface area contributed by atoms with Crippen molar-refractivity contribution in [3.63, 3.8) is 0 Å². The van der Waals surface area contributed by atoms with E-state index in [0.29, 0.717) is 18.8 Å². The number of rotatable bonds is 1. The van der Waals surface area contributed by atoms with Gasteiger partial charge in [-0.2, -0.15) is 0 Å². The fourth-order valence-electron chi connectivity index (χ4n) is 3.24. The Hall–Kier alpha value is -0.140. The molecule has 0 nitrogen and oxygen atoms in total. The van der Waals surface area contributed by atoms with Crippen LogP contribution < -0.4 is 0 Å². The first-order valence-electron chi connectivity index (χ1n) is 6.79. The minimum Gasteiger partial charge on any atom is -0.244 e. The first-order chi connectivity index (χ1) is 7.66. The lowest BCUT2D eigenvalue weighted by molar-refractivity contribution is 0.0906. The molecule has 2 heteroatoms. The molecule has 0 heterocycles. The summed E-state index contributed by atoms with van der Waals surface area (Å²) in [5.74, 6) is 2.74. The van der Waals surface area contributed by atoms with Gasteiger partial charge in [0, 0.05) is 0 Å². The van der Waals surface area contributed by atoms with Crippen LogP contribution in [0.5, 0.6) is 0 Å². The highest BCUT2D eigenvalue weighted by atomic mass is 19.2. The standard InChI is InChI=1S/C14H23F2/c1-10-3-2-4-11(6-5-10)12-7-8-13(15)14(16)9-12/h10,12-14H,2-9H2,1H3. The van der Waals surface area contributed by atoms with Gasteiger partial charge in [-0.1, -0.05) is 26.2 Å². The molecule has 0 aromatic rings. The second-order valence-electron chi connectivity index (χ2n) is 5.74. The molecule has 0 N–H and O–H groups in total. The molecule has 2 aliphatic rings. The van der Waals surface area contributed by atoms with Crippen molar-refractivity contribution in [2.75, 3.05) is 0 Å². The van der Waals surface area contributed by atoms with Crippen molar-refractivity contribution in [3.8, 4) is 0 Å². The van der Waals surface area contributed by atoms with Crippen molar-refractivity contribution in [1.29, 1.82) is 0 Å². The van der Waals surface area contributed by atoms with Crippen LogP contribution >= 0.6 is 0 Å². The van der Waals surface area contributed by atoms with E-state index in [1.165, 1.54) is 25.7 Å². The Labute approximate surface area is 97.8 Å². The second kappa shape index (κ2) is 5.46. The monoisotopic (exact) mass is 229 g/mol. The Bertz CT molecular complexity index is 215. The van der Waals surface area contributed by atoms with Gasteiger partial charge in [-0.25, -0.2) is 8.78 Å². The van der Waals surface area contributed by atoms with Gasteiger partial charge in [-0.05, 0) is 49.9 Å². The van der Waals surface area contributed by atoms with Crippen molar-refractivity contribution in [2.24, 2.45) is 11.8 Å². The van der Waals surface area contributed by atoms with Gasteiger partial charge >= 0.3 is 0 Å². The largest absolute Gasteiger partial charge is 0.244 e. The maximum Gasteiger partial charge on any atom is 0.131 e. The summed E-state index contributed by atoms with van der Waals surface area (Å²) >= 11 is 0. The average molecular weight is 229 g/mol. The van der Waals surface area contributed by atoms with Gasteiger partial charge in [0.15, 0.2) is 0 Å². The SMILES string of the molecule is CC1CCC[C](C2CCC(F)C(F)C2)CC1. The fraction of sp³-hybridized carbons (Fsp3) is 0.929. The van der Waals surface area contributed by atoms with Crippen molar-refractivity contribution in [2.45, 2.75) is 70.6 Å². The van der Waals surface area contributed by atoms with Crippen molar-refractivity contribution < 1.29 is 8.78 Å². The van der Waals surface area contributed by atoms with E-state index < -0.39 is 12.3 Å². The van der Waals surface area contributed by atoms with Crippen LogP contribution in [0.3, 0.4) is 0 Å². The number of alkyl halides is 2. The molecule has 0 aromatic carbocycles. The summed E-state index contributed by atoms with van der Waals surface area (Å²) in [5, 5.41) is 0. The van der Waals surface area contributed by atoms with Crippen LogP contribution in [0, 0.1) is 17.8 Å².